The first-order valence-electron chi connectivity index (χ1n) is 10.4. The predicted molar refractivity (Wildman–Crippen MR) is 136 cm³/mol. The van der Waals surface area contributed by atoms with E-state index in [4.69, 9.17) is 18.9 Å². The normalized spacial score (nSPS) is 10.8. The highest BCUT2D eigenvalue weighted by molar-refractivity contribution is 9.10. The molecule has 4 aromatic rings. The third-order valence-corrected chi connectivity index (χ3v) is 6.22. The minimum atomic E-state index is -1.27. The van der Waals surface area contributed by atoms with Crippen LogP contribution in [0.2, 0.25) is 0 Å². The molecule has 0 bridgehead atoms. The molecule has 0 amide bonds. The SMILES string of the molecule is COc1cc2c(-c3cc(Br)c(OC)c(OC)c3)c(C(=O)O)n(-c3ccccc3)c(=O)c2cc1OC. The van der Waals surface area contributed by atoms with E-state index in [9.17, 15) is 14.7 Å². The number of hydrogen-bond donors (Lipinski definition) is 1. The zero-order valence-corrected chi connectivity index (χ0v) is 21.0. The molecule has 0 saturated carbocycles. The molecule has 1 heterocycles. The number of fused-ring (bicyclic) bond motifs is 1. The van der Waals surface area contributed by atoms with Crippen molar-refractivity contribution < 1.29 is 28.8 Å². The first-order chi connectivity index (χ1) is 16.9. The second-order valence-corrected chi connectivity index (χ2v) is 8.31. The third kappa shape index (κ3) is 4.08. The summed E-state index contributed by atoms with van der Waals surface area (Å²) in [5.41, 5.74) is 0.493. The Bertz CT molecular complexity index is 1500. The number of nitrogens with zero attached hydrogens (tertiary/aromatic N) is 1. The standard InChI is InChI=1S/C26H22BrNO7/c1-32-19-12-16-17(13-20(19)33-2)25(29)28(15-8-6-5-7-9-15)23(26(30)31)22(16)14-10-18(27)24(35-4)21(11-14)34-3/h5-13H,1-4H3,(H,30,31). The van der Waals surface area contributed by atoms with Crippen molar-refractivity contribution in [2.75, 3.05) is 28.4 Å². The molecule has 0 aliphatic carbocycles. The van der Waals surface area contributed by atoms with Crippen LogP contribution < -0.4 is 24.5 Å². The van der Waals surface area contributed by atoms with Crippen molar-refractivity contribution in [2.24, 2.45) is 0 Å². The van der Waals surface area contributed by atoms with E-state index < -0.39 is 11.5 Å². The number of benzene rings is 3. The molecule has 0 unspecified atom stereocenters. The number of carbonyl (C=O) groups is 1. The quantitative estimate of drug-likeness (QED) is 0.346. The number of ether oxygens (including phenoxy) is 4. The fourth-order valence-corrected chi connectivity index (χ4v) is 4.71. The minimum absolute atomic E-state index is 0.208. The number of aromatic carboxylic acids is 1. The van der Waals surface area contributed by atoms with Crippen LogP contribution in [0.3, 0.4) is 0 Å². The van der Waals surface area contributed by atoms with Gasteiger partial charge in [0.2, 0.25) is 0 Å². The lowest BCUT2D eigenvalue weighted by Crippen LogP contribution is -2.26. The van der Waals surface area contributed by atoms with E-state index in [1.54, 1.807) is 54.6 Å². The number of pyridine rings is 1. The number of hydrogen-bond acceptors (Lipinski definition) is 6. The van der Waals surface area contributed by atoms with Crippen molar-refractivity contribution in [1.29, 1.82) is 0 Å². The summed E-state index contributed by atoms with van der Waals surface area (Å²) in [5, 5.41) is 11.0. The van der Waals surface area contributed by atoms with E-state index in [1.165, 1.54) is 33.0 Å². The molecule has 4 rings (SSSR count). The van der Waals surface area contributed by atoms with Crippen molar-refractivity contribution in [3.05, 3.63) is 75.1 Å². The van der Waals surface area contributed by atoms with E-state index in [1.807, 2.05) is 0 Å². The van der Waals surface area contributed by atoms with Gasteiger partial charge in [0.15, 0.2) is 23.0 Å². The number of aromatic nitrogens is 1. The Morgan fingerprint density at radius 3 is 1.97 bits per heavy atom. The van der Waals surface area contributed by atoms with Gasteiger partial charge in [-0.15, -0.1) is 0 Å². The maximum atomic E-state index is 13.7. The zero-order chi connectivity index (χ0) is 25.3. The van der Waals surface area contributed by atoms with Crippen molar-refractivity contribution in [3.8, 4) is 39.8 Å². The molecular formula is C26H22BrNO7. The molecule has 0 radical (unpaired) electrons. The Hall–Kier alpha value is -3.98. The number of rotatable bonds is 7. The van der Waals surface area contributed by atoms with Crippen LogP contribution in [-0.2, 0) is 0 Å². The molecule has 3 aromatic carbocycles. The zero-order valence-electron chi connectivity index (χ0n) is 19.4. The highest BCUT2D eigenvalue weighted by Crippen LogP contribution is 2.43. The van der Waals surface area contributed by atoms with Gasteiger partial charge < -0.3 is 24.1 Å². The lowest BCUT2D eigenvalue weighted by molar-refractivity contribution is 0.0688. The Morgan fingerprint density at radius 2 is 1.43 bits per heavy atom. The van der Waals surface area contributed by atoms with Crippen LogP contribution in [-0.4, -0.2) is 44.1 Å². The van der Waals surface area contributed by atoms with E-state index in [0.717, 1.165) is 0 Å². The summed E-state index contributed by atoms with van der Waals surface area (Å²) in [6.07, 6.45) is 0. The summed E-state index contributed by atoms with van der Waals surface area (Å²) in [7, 11) is 5.94. The van der Waals surface area contributed by atoms with Gasteiger partial charge >= 0.3 is 5.97 Å². The van der Waals surface area contributed by atoms with Crippen LogP contribution in [0.5, 0.6) is 23.0 Å². The molecular weight excluding hydrogens is 518 g/mol. The van der Waals surface area contributed by atoms with E-state index in [-0.39, 0.29) is 11.1 Å². The van der Waals surface area contributed by atoms with E-state index in [0.29, 0.717) is 49.7 Å². The lowest BCUT2D eigenvalue weighted by Gasteiger charge is -2.20. The molecule has 9 heteroatoms. The molecule has 0 fully saturated rings. The van der Waals surface area contributed by atoms with Gasteiger partial charge in [0, 0.05) is 16.6 Å². The van der Waals surface area contributed by atoms with Gasteiger partial charge in [0.05, 0.1) is 38.3 Å². The minimum Gasteiger partial charge on any atom is -0.493 e. The van der Waals surface area contributed by atoms with Gasteiger partial charge in [-0.1, -0.05) is 18.2 Å². The number of carboxylic acids is 1. The summed E-state index contributed by atoms with van der Waals surface area (Å²) in [6, 6.07) is 15.2. The average Bonchev–Trinajstić information content (AvgIpc) is 2.87. The van der Waals surface area contributed by atoms with Gasteiger partial charge in [-0.3, -0.25) is 9.36 Å². The fraction of sp³-hybridized carbons (Fsp3) is 0.154. The first-order valence-corrected chi connectivity index (χ1v) is 11.2. The number of para-hydroxylation sites is 1. The molecule has 1 N–H and O–H groups in total. The molecule has 0 spiro atoms. The van der Waals surface area contributed by atoms with Gasteiger partial charge in [0.25, 0.3) is 5.56 Å². The van der Waals surface area contributed by atoms with Crippen LogP contribution in [0.4, 0.5) is 0 Å². The van der Waals surface area contributed by atoms with Crippen molar-refractivity contribution in [2.45, 2.75) is 0 Å². The lowest BCUT2D eigenvalue weighted by atomic mass is 9.95. The number of carboxylic acid groups (broad SMARTS) is 1. The molecule has 1 aromatic heterocycles. The molecule has 0 aliphatic rings. The Kier molecular flexibility index (Phi) is 6.70. The summed E-state index contributed by atoms with van der Waals surface area (Å²) >= 11 is 3.49. The second-order valence-electron chi connectivity index (χ2n) is 7.45. The molecule has 180 valence electrons. The second kappa shape index (κ2) is 9.71. The van der Waals surface area contributed by atoms with Crippen molar-refractivity contribution in [1.82, 2.24) is 4.57 Å². The molecule has 0 saturated heterocycles. The fourth-order valence-electron chi connectivity index (χ4n) is 4.10. The van der Waals surface area contributed by atoms with Crippen LogP contribution >= 0.6 is 15.9 Å². The van der Waals surface area contributed by atoms with Gasteiger partial charge in [-0.2, -0.15) is 0 Å². The van der Waals surface area contributed by atoms with Crippen LogP contribution in [0.25, 0.3) is 27.6 Å². The van der Waals surface area contributed by atoms with Crippen molar-refractivity contribution >= 4 is 32.7 Å². The highest BCUT2D eigenvalue weighted by Gasteiger charge is 2.27. The Balaban J connectivity index is 2.28. The van der Waals surface area contributed by atoms with E-state index in [2.05, 4.69) is 15.9 Å². The van der Waals surface area contributed by atoms with Crippen molar-refractivity contribution in [3.63, 3.8) is 0 Å². The highest BCUT2D eigenvalue weighted by atomic mass is 79.9. The number of methoxy groups -OCH3 is 4. The topological polar surface area (TPSA) is 96.2 Å². The monoisotopic (exact) mass is 539 g/mol. The maximum Gasteiger partial charge on any atom is 0.353 e. The van der Waals surface area contributed by atoms with Crippen LogP contribution in [0.1, 0.15) is 10.5 Å². The van der Waals surface area contributed by atoms with Crippen LogP contribution in [0, 0.1) is 0 Å². The van der Waals surface area contributed by atoms with Crippen LogP contribution in [0.15, 0.2) is 63.9 Å². The van der Waals surface area contributed by atoms with Gasteiger partial charge in [-0.25, -0.2) is 4.79 Å². The molecule has 0 atom stereocenters. The van der Waals surface area contributed by atoms with Gasteiger partial charge in [-0.05, 0) is 57.9 Å². The van der Waals surface area contributed by atoms with Gasteiger partial charge in [0.1, 0.15) is 5.69 Å². The largest absolute Gasteiger partial charge is 0.493 e. The first kappa shape index (κ1) is 24.2. The summed E-state index contributed by atoms with van der Waals surface area (Å²) < 4.78 is 23.5. The third-order valence-electron chi connectivity index (χ3n) is 5.63. The Morgan fingerprint density at radius 1 is 0.829 bits per heavy atom. The van der Waals surface area contributed by atoms with E-state index >= 15 is 0 Å². The molecule has 8 nitrogen and oxygen atoms in total. The molecule has 35 heavy (non-hydrogen) atoms. The maximum absolute atomic E-state index is 13.7. The summed E-state index contributed by atoms with van der Waals surface area (Å²) in [4.78, 5) is 26.5. The average molecular weight is 540 g/mol. The summed E-state index contributed by atoms with van der Waals surface area (Å²) in [6.45, 7) is 0. The smallest absolute Gasteiger partial charge is 0.353 e. The molecule has 0 aliphatic heterocycles. The summed E-state index contributed by atoms with van der Waals surface area (Å²) in [5.74, 6) is 0.268. The Labute approximate surface area is 209 Å². The number of halogens is 1. The predicted octanol–water partition coefficient (Wildman–Crippen LogP) is 5.15.